The average molecular weight is 564 g/mol. The molecule has 0 saturated heterocycles. The Bertz CT molecular complexity index is 1070. The Hall–Kier alpha value is -2.70. The van der Waals surface area contributed by atoms with Gasteiger partial charge in [0.2, 0.25) is 5.72 Å². The van der Waals surface area contributed by atoms with E-state index in [9.17, 15) is 30.0 Å². The maximum Gasteiger partial charge on any atom is 0.253 e. The molecular weight excluding hydrogens is 522 g/mol. The predicted molar refractivity (Wildman–Crippen MR) is 151 cm³/mol. The molecule has 0 saturated carbocycles. The van der Waals surface area contributed by atoms with Gasteiger partial charge in [0.15, 0.2) is 0 Å². The molecule has 0 fully saturated rings. The molecule has 10 nitrogen and oxygen atoms in total. The summed E-state index contributed by atoms with van der Waals surface area (Å²) in [5.74, 6) is -0.735. The zero-order valence-corrected chi connectivity index (χ0v) is 23.8. The van der Waals surface area contributed by atoms with E-state index < -0.39 is 36.6 Å². The first-order valence-corrected chi connectivity index (χ1v) is 13.6. The number of rotatable bonds is 15. The molecule has 0 spiro atoms. The number of carbonyl (C=O) groups is 2. The fourth-order valence-electron chi connectivity index (χ4n) is 4.15. The van der Waals surface area contributed by atoms with Crippen molar-refractivity contribution >= 4 is 24.4 Å². The lowest BCUT2D eigenvalue weighted by Gasteiger charge is -2.37. The molecule has 0 bridgehead atoms. The van der Waals surface area contributed by atoms with Crippen LogP contribution in [0.1, 0.15) is 66.3 Å². The smallest absolute Gasteiger partial charge is 0.253 e. The van der Waals surface area contributed by atoms with Crippen LogP contribution in [0.25, 0.3) is 0 Å². The van der Waals surface area contributed by atoms with Crippen LogP contribution in [0.15, 0.2) is 42.7 Å². The summed E-state index contributed by atoms with van der Waals surface area (Å²) in [5, 5.41) is 45.4. The number of aryl methyl sites for hydroxylation is 1. The van der Waals surface area contributed by atoms with Gasteiger partial charge in [-0.25, -0.2) is 0 Å². The molecule has 5 N–H and O–H groups in total. The second-order valence-electron chi connectivity index (χ2n) is 9.82. The molecule has 0 aliphatic carbocycles. The van der Waals surface area contributed by atoms with Gasteiger partial charge in [0.05, 0.1) is 6.10 Å². The largest absolute Gasteiger partial charge is 0.488 e. The molecule has 0 radical (unpaired) electrons. The van der Waals surface area contributed by atoms with Crippen LogP contribution in [0.4, 0.5) is 0 Å². The highest BCUT2D eigenvalue weighted by Crippen LogP contribution is 2.21. The maximum atomic E-state index is 13.4. The van der Waals surface area contributed by atoms with Gasteiger partial charge in [-0.2, -0.15) is 12.6 Å². The third kappa shape index (κ3) is 9.47. The Morgan fingerprint density at radius 3 is 2.23 bits per heavy atom. The van der Waals surface area contributed by atoms with Crippen molar-refractivity contribution in [3.63, 3.8) is 0 Å². The number of nitrogens with zero attached hydrogens (tertiary/aromatic N) is 2. The van der Waals surface area contributed by atoms with E-state index in [1.807, 2.05) is 13.8 Å². The number of pyridine rings is 1. The minimum Gasteiger partial charge on any atom is -0.488 e. The van der Waals surface area contributed by atoms with E-state index in [2.05, 4.69) is 22.9 Å². The summed E-state index contributed by atoms with van der Waals surface area (Å²) in [6.07, 6.45) is -0.808. The van der Waals surface area contributed by atoms with Crippen LogP contribution in [0.5, 0.6) is 5.75 Å². The van der Waals surface area contributed by atoms with Crippen molar-refractivity contribution in [1.82, 2.24) is 15.2 Å². The molecule has 0 aliphatic heterocycles. The lowest BCUT2D eigenvalue weighted by molar-refractivity contribution is -0.174. The first kappa shape index (κ1) is 32.5. The van der Waals surface area contributed by atoms with Gasteiger partial charge in [0, 0.05) is 41.9 Å². The second-order valence-corrected chi connectivity index (χ2v) is 10.7. The number of hydrogen-bond acceptors (Lipinski definition) is 9. The van der Waals surface area contributed by atoms with Gasteiger partial charge in [-0.1, -0.05) is 20.8 Å². The number of aromatic nitrogens is 1. The van der Waals surface area contributed by atoms with Crippen molar-refractivity contribution < 1.29 is 34.8 Å². The molecule has 1 heterocycles. The summed E-state index contributed by atoms with van der Waals surface area (Å²) in [7, 11) is 0. The number of thiol groups is 1. The number of carbonyl (C=O) groups excluding carboxylic acids is 2. The van der Waals surface area contributed by atoms with Crippen LogP contribution in [0.2, 0.25) is 0 Å². The number of nitrogens with one attached hydrogen (secondary N) is 1. The van der Waals surface area contributed by atoms with E-state index in [0.717, 1.165) is 12.8 Å². The number of hydrogen-bond donors (Lipinski definition) is 6. The highest BCUT2D eigenvalue weighted by molar-refractivity contribution is 7.80. The van der Waals surface area contributed by atoms with Crippen molar-refractivity contribution in [2.45, 2.75) is 76.2 Å². The quantitative estimate of drug-likeness (QED) is 0.142. The maximum absolute atomic E-state index is 13.4. The summed E-state index contributed by atoms with van der Waals surface area (Å²) in [4.78, 5) is 32.1. The minimum absolute atomic E-state index is 0.0198. The fourth-order valence-corrected chi connectivity index (χ4v) is 4.36. The van der Waals surface area contributed by atoms with E-state index in [4.69, 9.17) is 4.74 Å². The zero-order chi connectivity index (χ0) is 29.2. The lowest BCUT2D eigenvalue weighted by atomic mass is 9.95. The summed E-state index contributed by atoms with van der Waals surface area (Å²) in [6, 6.07) is 7.68. The van der Waals surface area contributed by atoms with E-state index in [0.29, 0.717) is 30.0 Å². The van der Waals surface area contributed by atoms with Gasteiger partial charge in [-0.3, -0.25) is 14.6 Å². The van der Waals surface area contributed by atoms with Gasteiger partial charge in [-0.15, -0.1) is 0 Å². The molecule has 0 aliphatic rings. The van der Waals surface area contributed by atoms with Crippen LogP contribution in [0, 0.1) is 6.92 Å². The number of benzene rings is 1. The molecule has 2 rings (SSSR count). The SMILES string of the molecule is CCCN(CCC)C(=O)c1cc(C)cc(C(=O)NC(O)(COc2ccncc2)C(O)C(O)C(O)CC(C)S)c1. The average Bonchev–Trinajstić information content (AvgIpc) is 2.90. The molecule has 1 aromatic heterocycles. The summed E-state index contributed by atoms with van der Waals surface area (Å²) in [6.45, 7) is 7.88. The molecule has 5 unspecified atom stereocenters. The lowest BCUT2D eigenvalue weighted by Crippen LogP contribution is -2.65. The van der Waals surface area contributed by atoms with E-state index in [1.54, 1.807) is 30.9 Å². The fraction of sp³-hybridized carbons (Fsp3) is 0.536. The van der Waals surface area contributed by atoms with Crippen LogP contribution in [0.3, 0.4) is 0 Å². The molecule has 2 amide bonds. The number of amides is 2. The van der Waals surface area contributed by atoms with Gasteiger partial charge < -0.3 is 35.4 Å². The van der Waals surface area contributed by atoms with Crippen molar-refractivity contribution in [1.29, 1.82) is 0 Å². The predicted octanol–water partition coefficient (Wildman–Crippen LogP) is 1.94. The van der Waals surface area contributed by atoms with Gasteiger partial charge in [0.1, 0.15) is 24.6 Å². The third-order valence-electron chi connectivity index (χ3n) is 6.09. The standard InChI is InChI=1S/C28H41N3O7S/c1-5-11-31(12-6-2)27(36)21-14-18(3)13-20(16-21)26(35)30-28(37,17-38-22-7-9-29-10-8-22)25(34)24(33)23(32)15-19(4)39/h7-10,13-14,16,19,23-25,32-34,37,39H,5-6,11-12,15,17H2,1-4H3,(H,30,35). The van der Waals surface area contributed by atoms with E-state index in [1.165, 1.54) is 30.6 Å². The van der Waals surface area contributed by atoms with Crippen molar-refractivity contribution in [3.05, 3.63) is 59.4 Å². The van der Waals surface area contributed by atoms with Gasteiger partial charge >= 0.3 is 0 Å². The molecule has 2 aromatic rings. The molecule has 11 heteroatoms. The van der Waals surface area contributed by atoms with Crippen LogP contribution < -0.4 is 10.1 Å². The third-order valence-corrected chi connectivity index (χ3v) is 6.30. The summed E-state index contributed by atoms with van der Waals surface area (Å²) in [5.41, 5.74) is -1.49. The Labute approximate surface area is 235 Å². The van der Waals surface area contributed by atoms with Crippen molar-refractivity contribution in [2.75, 3.05) is 19.7 Å². The number of aliphatic hydroxyl groups is 4. The summed E-state index contributed by atoms with van der Waals surface area (Å²) < 4.78 is 5.58. The second kappa shape index (κ2) is 15.2. The molecule has 216 valence electrons. The van der Waals surface area contributed by atoms with Gasteiger partial charge in [-0.05, 0) is 62.1 Å². The number of aliphatic hydroxyl groups excluding tert-OH is 3. The van der Waals surface area contributed by atoms with Gasteiger partial charge in [0.25, 0.3) is 11.8 Å². The Morgan fingerprint density at radius 1 is 1.08 bits per heavy atom. The highest BCUT2D eigenvalue weighted by Gasteiger charge is 2.45. The Balaban J connectivity index is 2.37. The van der Waals surface area contributed by atoms with E-state index >= 15 is 0 Å². The molecule has 1 aromatic carbocycles. The molecular formula is C28H41N3O7S. The monoisotopic (exact) mass is 563 g/mol. The molecule has 5 atom stereocenters. The Kier molecular flexibility index (Phi) is 12.7. The topological polar surface area (TPSA) is 152 Å². The first-order valence-electron chi connectivity index (χ1n) is 13.1. The van der Waals surface area contributed by atoms with Crippen molar-refractivity contribution in [3.8, 4) is 5.75 Å². The number of ether oxygens (including phenoxy) is 1. The van der Waals surface area contributed by atoms with E-state index in [-0.39, 0.29) is 23.1 Å². The normalized spacial score (nSPS) is 15.9. The summed E-state index contributed by atoms with van der Waals surface area (Å²) >= 11 is 4.20. The van der Waals surface area contributed by atoms with Crippen LogP contribution in [-0.4, -0.2) is 91.1 Å². The molecule has 39 heavy (non-hydrogen) atoms. The van der Waals surface area contributed by atoms with Crippen LogP contribution in [-0.2, 0) is 0 Å². The Morgan fingerprint density at radius 2 is 1.67 bits per heavy atom. The zero-order valence-electron chi connectivity index (χ0n) is 22.9. The van der Waals surface area contributed by atoms with Crippen molar-refractivity contribution in [2.24, 2.45) is 0 Å². The minimum atomic E-state index is -2.52. The first-order chi connectivity index (χ1) is 18.4. The highest BCUT2D eigenvalue weighted by atomic mass is 32.1. The van der Waals surface area contributed by atoms with Crippen LogP contribution >= 0.6 is 12.6 Å².